The number of hydrogen-bond acceptors (Lipinski definition) is 4. The molecule has 0 fully saturated rings. The molecule has 0 saturated heterocycles. The van der Waals surface area contributed by atoms with E-state index in [0.717, 1.165) is 0 Å². The summed E-state index contributed by atoms with van der Waals surface area (Å²) in [6.45, 7) is 3.78. The van der Waals surface area contributed by atoms with Gasteiger partial charge in [-0.25, -0.2) is 0 Å². The van der Waals surface area contributed by atoms with Crippen LogP contribution in [-0.2, 0) is 11.2 Å². The van der Waals surface area contributed by atoms with E-state index in [1.165, 1.54) is 6.07 Å². The molecular weight excluding hydrogens is 234 g/mol. The molecule has 1 rings (SSSR count). The number of nitrogens with two attached hydrogens (primary N) is 1. The highest BCUT2D eigenvalue weighted by molar-refractivity contribution is 5.92. The molecule has 1 amide bonds. The minimum Gasteiger partial charge on any atom is -0.330 e. The van der Waals surface area contributed by atoms with E-state index < -0.39 is 4.92 Å². The van der Waals surface area contributed by atoms with Gasteiger partial charge in [0.15, 0.2) is 0 Å². The lowest BCUT2D eigenvalue weighted by Gasteiger charge is -2.10. The van der Waals surface area contributed by atoms with Crippen LogP contribution in [0.5, 0.6) is 0 Å². The summed E-state index contributed by atoms with van der Waals surface area (Å²) in [4.78, 5) is 22.1. The first-order valence-corrected chi connectivity index (χ1v) is 5.77. The molecule has 0 bridgehead atoms. The highest BCUT2D eigenvalue weighted by Gasteiger charge is 2.16. The van der Waals surface area contributed by atoms with Crippen LogP contribution in [0, 0.1) is 16.0 Å². The molecule has 1 unspecified atom stereocenters. The zero-order valence-electron chi connectivity index (χ0n) is 10.5. The molecule has 0 heterocycles. The smallest absolute Gasteiger partial charge is 0.274 e. The number of amides is 1. The van der Waals surface area contributed by atoms with Crippen molar-refractivity contribution in [3.8, 4) is 0 Å². The number of nitro benzene ring substituents is 1. The molecule has 1 aromatic rings. The first kappa shape index (κ1) is 14.1. The first-order chi connectivity index (χ1) is 8.49. The van der Waals surface area contributed by atoms with Crippen molar-refractivity contribution in [2.24, 2.45) is 11.7 Å². The highest BCUT2D eigenvalue weighted by atomic mass is 16.6. The maximum Gasteiger partial charge on any atom is 0.274 e. The number of carbonyl (C=O) groups is 1. The third kappa shape index (κ3) is 3.27. The van der Waals surface area contributed by atoms with Gasteiger partial charge in [-0.15, -0.1) is 0 Å². The van der Waals surface area contributed by atoms with Gasteiger partial charge in [0.25, 0.3) is 5.69 Å². The van der Waals surface area contributed by atoms with Crippen LogP contribution in [0.3, 0.4) is 0 Å². The van der Waals surface area contributed by atoms with E-state index in [9.17, 15) is 14.9 Å². The van der Waals surface area contributed by atoms with Crippen molar-refractivity contribution in [3.63, 3.8) is 0 Å². The standard InChI is InChI=1S/C12H17N3O3/c1-3-9-4-5-10(6-11(9)15(17)18)14-12(16)8(2)7-13/h4-6,8H,3,7,13H2,1-2H3,(H,14,16). The van der Waals surface area contributed by atoms with Gasteiger partial charge in [0.2, 0.25) is 5.91 Å². The lowest BCUT2D eigenvalue weighted by atomic mass is 10.1. The first-order valence-electron chi connectivity index (χ1n) is 5.77. The number of carbonyl (C=O) groups excluding carboxylic acids is 1. The summed E-state index contributed by atoms with van der Waals surface area (Å²) in [6, 6.07) is 4.69. The maximum atomic E-state index is 11.6. The van der Waals surface area contributed by atoms with E-state index in [-0.39, 0.29) is 24.1 Å². The summed E-state index contributed by atoms with van der Waals surface area (Å²) >= 11 is 0. The number of anilines is 1. The van der Waals surface area contributed by atoms with Gasteiger partial charge in [-0.05, 0) is 12.5 Å². The van der Waals surface area contributed by atoms with Crippen molar-refractivity contribution >= 4 is 17.3 Å². The molecule has 0 aromatic heterocycles. The molecule has 0 aliphatic heterocycles. The van der Waals surface area contributed by atoms with Gasteiger partial charge in [0, 0.05) is 29.8 Å². The Bertz CT molecular complexity index is 460. The zero-order valence-corrected chi connectivity index (χ0v) is 10.5. The fourth-order valence-corrected chi connectivity index (χ4v) is 1.48. The predicted octanol–water partition coefficient (Wildman–Crippen LogP) is 1.69. The number of aryl methyl sites for hydroxylation is 1. The van der Waals surface area contributed by atoms with Crippen molar-refractivity contribution in [2.45, 2.75) is 20.3 Å². The van der Waals surface area contributed by atoms with Crippen molar-refractivity contribution in [1.29, 1.82) is 0 Å². The van der Waals surface area contributed by atoms with Gasteiger partial charge in [0.1, 0.15) is 0 Å². The van der Waals surface area contributed by atoms with Crippen LogP contribution < -0.4 is 11.1 Å². The summed E-state index contributed by atoms with van der Waals surface area (Å²) in [5, 5.41) is 13.5. The molecule has 1 atom stereocenters. The van der Waals surface area contributed by atoms with E-state index in [2.05, 4.69) is 5.32 Å². The molecule has 0 radical (unpaired) electrons. The number of rotatable bonds is 5. The molecule has 98 valence electrons. The lowest BCUT2D eigenvalue weighted by molar-refractivity contribution is -0.385. The second-order valence-electron chi connectivity index (χ2n) is 4.08. The minimum atomic E-state index is -0.444. The Labute approximate surface area is 105 Å². The van der Waals surface area contributed by atoms with Crippen LogP contribution in [-0.4, -0.2) is 17.4 Å². The quantitative estimate of drug-likeness (QED) is 0.614. The summed E-state index contributed by atoms with van der Waals surface area (Å²) in [5.41, 5.74) is 6.47. The van der Waals surface area contributed by atoms with Crippen molar-refractivity contribution in [3.05, 3.63) is 33.9 Å². The Morgan fingerprint density at radius 3 is 2.72 bits per heavy atom. The number of nitrogens with zero attached hydrogens (tertiary/aromatic N) is 1. The molecule has 0 aliphatic rings. The fraction of sp³-hybridized carbons (Fsp3) is 0.417. The highest BCUT2D eigenvalue weighted by Crippen LogP contribution is 2.23. The zero-order chi connectivity index (χ0) is 13.7. The lowest BCUT2D eigenvalue weighted by Crippen LogP contribution is -2.26. The van der Waals surface area contributed by atoms with Gasteiger partial charge in [-0.3, -0.25) is 14.9 Å². The predicted molar refractivity (Wildman–Crippen MR) is 69.3 cm³/mol. The van der Waals surface area contributed by atoms with E-state index >= 15 is 0 Å². The average molecular weight is 251 g/mol. The molecular formula is C12H17N3O3. The number of hydrogen-bond donors (Lipinski definition) is 2. The number of benzene rings is 1. The second kappa shape index (κ2) is 6.11. The topological polar surface area (TPSA) is 98.3 Å². The van der Waals surface area contributed by atoms with Gasteiger partial charge in [-0.1, -0.05) is 19.9 Å². The van der Waals surface area contributed by atoms with Crippen LogP contribution >= 0.6 is 0 Å². The Morgan fingerprint density at radius 2 is 2.22 bits per heavy atom. The second-order valence-corrected chi connectivity index (χ2v) is 4.08. The normalized spacial score (nSPS) is 11.9. The molecule has 0 spiro atoms. The maximum absolute atomic E-state index is 11.6. The molecule has 6 heteroatoms. The van der Waals surface area contributed by atoms with Gasteiger partial charge < -0.3 is 11.1 Å². The van der Waals surface area contributed by atoms with Crippen molar-refractivity contribution < 1.29 is 9.72 Å². The third-order valence-corrected chi connectivity index (χ3v) is 2.73. The molecule has 6 nitrogen and oxygen atoms in total. The van der Waals surface area contributed by atoms with E-state index in [1.54, 1.807) is 19.1 Å². The van der Waals surface area contributed by atoms with E-state index in [0.29, 0.717) is 17.7 Å². The summed E-state index contributed by atoms with van der Waals surface area (Å²) in [6.07, 6.45) is 0.573. The van der Waals surface area contributed by atoms with Crippen molar-refractivity contribution in [1.82, 2.24) is 0 Å². The molecule has 1 aromatic carbocycles. The minimum absolute atomic E-state index is 0.0238. The van der Waals surface area contributed by atoms with Crippen LogP contribution in [0.1, 0.15) is 19.4 Å². The monoisotopic (exact) mass is 251 g/mol. The van der Waals surface area contributed by atoms with Crippen LogP contribution in [0.25, 0.3) is 0 Å². The Morgan fingerprint density at radius 1 is 1.56 bits per heavy atom. The van der Waals surface area contributed by atoms with Gasteiger partial charge in [-0.2, -0.15) is 0 Å². The number of nitrogens with one attached hydrogen (secondary N) is 1. The van der Waals surface area contributed by atoms with Crippen molar-refractivity contribution in [2.75, 3.05) is 11.9 Å². The molecule has 0 saturated carbocycles. The summed E-state index contributed by atoms with van der Waals surface area (Å²) in [5.74, 6) is -0.564. The largest absolute Gasteiger partial charge is 0.330 e. The third-order valence-electron chi connectivity index (χ3n) is 2.73. The van der Waals surface area contributed by atoms with Gasteiger partial charge >= 0.3 is 0 Å². The van der Waals surface area contributed by atoms with E-state index in [4.69, 9.17) is 5.73 Å². The number of nitro groups is 1. The Kier molecular flexibility index (Phi) is 4.79. The Balaban J connectivity index is 2.95. The molecule has 18 heavy (non-hydrogen) atoms. The average Bonchev–Trinajstić information content (AvgIpc) is 2.37. The van der Waals surface area contributed by atoms with Crippen LogP contribution in [0.4, 0.5) is 11.4 Å². The van der Waals surface area contributed by atoms with Crippen LogP contribution in [0.2, 0.25) is 0 Å². The SMILES string of the molecule is CCc1ccc(NC(=O)C(C)CN)cc1[N+](=O)[O-]. The molecule has 3 N–H and O–H groups in total. The summed E-state index contributed by atoms with van der Waals surface area (Å²) < 4.78 is 0. The fourth-order valence-electron chi connectivity index (χ4n) is 1.48. The Hall–Kier alpha value is -1.95. The van der Waals surface area contributed by atoms with Crippen LogP contribution in [0.15, 0.2) is 18.2 Å². The van der Waals surface area contributed by atoms with Gasteiger partial charge in [0.05, 0.1) is 4.92 Å². The van der Waals surface area contributed by atoms with E-state index in [1.807, 2.05) is 6.92 Å². The summed E-state index contributed by atoms with van der Waals surface area (Å²) in [7, 11) is 0. The molecule has 0 aliphatic carbocycles.